The summed E-state index contributed by atoms with van der Waals surface area (Å²) in [4.78, 5) is 37.3. The minimum Gasteiger partial charge on any atom is -0.369 e. The second-order valence-corrected chi connectivity index (χ2v) is 9.62. The molecule has 4 heterocycles. The number of benzene rings is 1. The molecule has 1 N–H and O–H groups in total. The molecule has 0 atom stereocenters. The molecule has 5 rings (SSSR count). The van der Waals surface area contributed by atoms with Crippen molar-refractivity contribution in [2.75, 3.05) is 11.9 Å². The van der Waals surface area contributed by atoms with Crippen molar-refractivity contribution in [1.29, 1.82) is 0 Å². The van der Waals surface area contributed by atoms with Crippen molar-refractivity contribution in [2.24, 2.45) is 0 Å². The molecular weight excluding hydrogens is 480 g/mol. The second-order valence-electron chi connectivity index (χ2n) is 7.94. The van der Waals surface area contributed by atoms with E-state index in [4.69, 9.17) is 12.2 Å². The Morgan fingerprint density at radius 2 is 1.89 bits per heavy atom. The summed E-state index contributed by atoms with van der Waals surface area (Å²) in [5.41, 5.74) is 1.60. The standard InChI is InChI=1S/C25H22N6O2S2/c32-23-19(15-20-24(33)31(25(34)35-20)16-18-7-2-1-3-8-18)22(28-21-9-4-5-13-30(21)23)27-10-6-12-29-14-11-26-17-29/h1-5,7-9,11,13-15,17,27H,6,10,12,16H2/b20-15-. The average Bonchev–Trinajstić information content (AvgIpc) is 3.48. The first-order chi connectivity index (χ1) is 17.1. The highest BCUT2D eigenvalue weighted by Gasteiger charge is 2.32. The van der Waals surface area contributed by atoms with Gasteiger partial charge in [0, 0.05) is 31.7 Å². The molecule has 10 heteroatoms. The number of nitrogens with one attached hydrogen (secondary N) is 1. The molecule has 0 bridgehead atoms. The maximum Gasteiger partial charge on any atom is 0.267 e. The van der Waals surface area contributed by atoms with Gasteiger partial charge in [0.2, 0.25) is 0 Å². The molecule has 1 aromatic carbocycles. The molecule has 1 aliphatic rings. The van der Waals surface area contributed by atoms with Crippen LogP contribution in [0.4, 0.5) is 5.82 Å². The molecule has 4 aromatic rings. The number of pyridine rings is 1. The van der Waals surface area contributed by atoms with Gasteiger partial charge in [-0.1, -0.05) is 60.4 Å². The highest BCUT2D eigenvalue weighted by molar-refractivity contribution is 8.26. The lowest BCUT2D eigenvalue weighted by Crippen LogP contribution is -2.27. The van der Waals surface area contributed by atoms with Crippen LogP contribution in [0.3, 0.4) is 0 Å². The Labute approximate surface area is 211 Å². The number of thiocarbonyl (C=S) groups is 1. The maximum atomic E-state index is 13.4. The number of hydrogen-bond acceptors (Lipinski definition) is 7. The summed E-state index contributed by atoms with van der Waals surface area (Å²) < 4.78 is 3.94. The largest absolute Gasteiger partial charge is 0.369 e. The van der Waals surface area contributed by atoms with Gasteiger partial charge in [0.05, 0.1) is 23.3 Å². The van der Waals surface area contributed by atoms with Crippen LogP contribution in [0, 0.1) is 0 Å². The van der Waals surface area contributed by atoms with Crippen LogP contribution in [-0.2, 0) is 17.9 Å². The van der Waals surface area contributed by atoms with E-state index in [1.54, 1.807) is 41.8 Å². The van der Waals surface area contributed by atoms with Crippen LogP contribution < -0.4 is 10.9 Å². The first-order valence-corrected chi connectivity index (χ1v) is 12.3. The number of anilines is 1. The molecule has 3 aromatic heterocycles. The number of carbonyl (C=O) groups is 1. The van der Waals surface area contributed by atoms with Gasteiger partial charge in [0.1, 0.15) is 15.8 Å². The van der Waals surface area contributed by atoms with Gasteiger partial charge < -0.3 is 9.88 Å². The van der Waals surface area contributed by atoms with Gasteiger partial charge in [-0.05, 0) is 30.2 Å². The topological polar surface area (TPSA) is 84.5 Å². The first-order valence-electron chi connectivity index (χ1n) is 11.1. The lowest BCUT2D eigenvalue weighted by Gasteiger charge is -2.14. The van der Waals surface area contributed by atoms with Gasteiger partial charge in [-0.25, -0.2) is 9.97 Å². The van der Waals surface area contributed by atoms with Gasteiger partial charge in [-0.15, -0.1) is 0 Å². The normalized spacial score (nSPS) is 14.9. The third-order valence-corrected chi connectivity index (χ3v) is 6.92. The van der Waals surface area contributed by atoms with E-state index < -0.39 is 0 Å². The highest BCUT2D eigenvalue weighted by Crippen LogP contribution is 2.34. The zero-order chi connectivity index (χ0) is 24.2. The minimum absolute atomic E-state index is 0.215. The van der Waals surface area contributed by atoms with Gasteiger partial charge in [0.25, 0.3) is 11.5 Å². The predicted molar refractivity (Wildman–Crippen MR) is 142 cm³/mol. The molecule has 0 saturated carbocycles. The van der Waals surface area contributed by atoms with Crippen LogP contribution in [0.5, 0.6) is 0 Å². The summed E-state index contributed by atoms with van der Waals surface area (Å²) in [5.74, 6) is 0.229. The van der Waals surface area contributed by atoms with Crippen LogP contribution in [0.2, 0.25) is 0 Å². The van der Waals surface area contributed by atoms with Gasteiger partial charge in [0.15, 0.2) is 0 Å². The number of aromatic nitrogens is 4. The van der Waals surface area contributed by atoms with Crippen molar-refractivity contribution in [3.8, 4) is 0 Å². The molecule has 35 heavy (non-hydrogen) atoms. The lowest BCUT2D eigenvalue weighted by atomic mass is 10.2. The Bertz CT molecular complexity index is 1460. The van der Waals surface area contributed by atoms with Crippen LogP contribution >= 0.6 is 24.0 Å². The fourth-order valence-corrected chi connectivity index (χ4v) is 5.03. The Hall–Kier alpha value is -3.76. The van der Waals surface area contributed by atoms with E-state index in [2.05, 4.69) is 15.3 Å². The molecule has 1 saturated heterocycles. The van der Waals surface area contributed by atoms with Crippen LogP contribution in [0.15, 0.2) is 83.1 Å². The molecule has 176 valence electrons. The van der Waals surface area contributed by atoms with Gasteiger partial charge >= 0.3 is 0 Å². The summed E-state index contributed by atoms with van der Waals surface area (Å²) in [5, 5.41) is 3.29. The third-order valence-electron chi connectivity index (χ3n) is 5.55. The Balaban J connectivity index is 1.43. The summed E-state index contributed by atoms with van der Waals surface area (Å²) in [6.07, 6.45) is 9.51. The molecule has 0 spiro atoms. The van der Waals surface area contributed by atoms with Crippen LogP contribution in [0.25, 0.3) is 11.7 Å². The third kappa shape index (κ3) is 5.03. The fourth-order valence-electron chi connectivity index (χ4n) is 3.79. The maximum absolute atomic E-state index is 13.4. The summed E-state index contributed by atoms with van der Waals surface area (Å²) in [6, 6.07) is 15.1. The zero-order valence-electron chi connectivity index (χ0n) is 18.7. The number of hydrogen-bond donors (Lipinski definition) is 1. The predicted octanol–water partition coefficient (Wildman–Crippen LogP) is 3.79. The molecule has 1 amide bonds. The molecule has 1 aliphatic heterocycles. The average molecular weight is 503 g/mol. The summed E-state index contributed by atoms with van der Waals surface area (Å²) >= 11 is 6.68. The van der Waals surface area contributed by atoms with Crippen LogP contribution in [0.1, 0.15) is 17.5 Å². The molecule has 0 aliphatic carbocycles. The Morgan fingerprint density at radius 3 is 2.69 bits per heavy atom. The van der Waals surface area contributed by atoms with Crippen molar-refractivity contribution in [2.45, 2.75) is 19.5 Å². The number of imidazole rings is 1. The summed E-state index contributed by atoms with van der Waals surface area (Å²) in [7, 11) is 0. The highest BCUT2D eigenvalue weighted by atomic mass is 32.2. The van der Waals surface area contributed by atoms with Crippen molar-refractivity contribution < 1.29 is 4.79 Å². The van der Waals surface area contributed by atoms with E-state index in [-0.39, 0.29) is 11.5 Å². The number of rotatable bonds is 8. The van der Waals surface area contributed by atoms with Crippen molar-refractivity contribution in [3.05, 3.63) is 99.8 Å². The number of fused-ring (bicyclic) bond motifs is 1. The molecule has 8 nitrogen and oxygen atoms in total. The number of amides is 1. The minimum atomic E-state index is -0.249. The Kier molecular flexibility index (Phi) is 6.73. The van der Waals surface area contributed by atoms with Crippen LogP contribution in [-0.4, -0.2) is 40.6 Å². The Morgan fingerprint density at radius 1 is 1.06 bits per heavy atom. The molecule has 1 fully saturated rings. The van der Waals surface area contributed by atoms with Gasteiger partial charge in [-0.2, -0.15) is 0 Å². The van der Waals surface area contributed by atoms with E-state index in [9.17, 15) is 9.59 Å². The molecule has 0 unspecified atom stereocenters. The van der Waals surface area contributed by atoms with Crippen molar-refractivity contribution in [1.82, 2.24) is 23.8 Å². The smallest absolute Gasteiger partial charge is 0.267 e. The number of thioether (sulfide) groups is 1. The molecular formula is C25H22N6O2S2. The monoisotopic (exact) mass is 502 g/mol. The van der Waals surface area contributed by atoms with E-state index in [0.717, 1.165) is 18.5 Å². The zero-order valence-corrected chi connectivity index (χ0v) is 20.3. The van der Waals surface area contributed by atoms with Crippen molar-refractivity contribution >= 4 is 51.7 Å². The van der Waals surface area contributed by atoms with Gasteiger partial charge in [-0.3, -0.25) is 18.9 Å². The van der Waals surface area contributed by atoms with Crippen molar-refractivity contribution in [3.63, 3.8) is 0 Å². The van der Waals surface area contributed by atoms with E-state index >= 15 is 0 Å². The van der Waals surface area contributed by atoms with E-state index in [1.807, 2.05) is 47.2 Å². The number of carbonyl (C=O) groups excluding carboxylic acids is 1. The lowest BCUT2D eigenvalue weighted by molar-refractivity contribution is -0.122. The molecule has 0 radical (unpaired) electrons. The second kappa shape index (κ2) is 10.2. The fraction of sp³-hybridized carbons (Fsp3) is 0.160. The quantitative estimate of drug-likeness (QED) is 0.223. The SMILES string of the molecule is O=C1/C(=C/c2c(NCCCn3ccnc3)nc3ccccn3c2=O)SC(=S)N1Cc1ccccc1. The van der Waals surface area contributed by atoms with E-state index in [0.29, 0.717) is 39.3 Å². The summed E-state index contributed by atoms with van der Waals surface area (Å²) in [6.45, 7) is 1.77. The number of aryl methyl sites for hydroxylation is 1. The first kappa shape index (κ1) is 23.0. The number of nitrogens with zero attached hydrogens (tertiary/aromatic N) is 5. The van der Waals surface area contributed by atoms with E-state index in [1.165, 1.54) is 16.2 Å².